The lowest BCUT2D eigenvalue weighted by atomic mass is 10.5. The third kappa shape index (κ3) is 3.85. The van der Waals surface area contributed by atoms with Crippen molar-refractivity contribution in [1.82, 2.24) is 0 Å². The van der Waals surface area contributed by atoms with Gasteiger partial charge in [-0.2, -0.15) is 8.78 Å². The first-order chi connectivity index (χ1) is 6.79. The van der Waals surface area contributed by atoms with E-state index in [-0.39, 0.29) is 13.2 Å². The van der Waals surface area contributed by atoms with E-state index in [1.165, 1.54) is 13.8 Å². The Morgan fingerprint density at radius 1 is 1.33 bits per heavy atom. The largest absolute Gasteiger partial charge is 0.481 e. The maximum atomic E-state index is 13.2. The fourth-order valence-electron chi connectivity index (χ4n) is 0.845. The number of alkyl halides is 2. The smallest absolute Gasteiger partial charge is 0.400 e. The van der Waals surface area contributed by atoms with Gasteiger partial charge in [-0.05, 0) is 13.8 Å². The van der Waals surface area contributed by atoms with E-state index in [4.69, 9.17) is 5.11 Å². The molecule has 0 spiro atoms. The topological polar surface area (TPSA) is 72.8 Å². The first-order valence-corrected chi connectivity index (χ1v) is 5.82. The van der Waals surface area contributed by atoms with Crippen LogP contribution in [0, 0.1) is 0 Å². The van der Waals surface area contributed by atoms with Crippen molar-refractivity contribution in [3.8, 4) is 0 Å². The molecule has 0 rings (SSSR count). The molecular formula is C7H13F2O5P. The van der Waals surface area contributed by atoms with E-state index in [0.29, 0.717) is 0 Å². The molecule has 0 unspecified atom stereocenters. The lowest BCUT2D eigenvalue weighted by molar-refractivity contribution is -0.142. The van der Waals surface area contributed by atoms with Crippen LogP contribution < -0.4 is 0 Å². The Bertz CT molecular complexity index is 258. The lowest BCUT2D eigenvalue weighted by Crippen LogP contribution is -2.24. The van der Waals surface area contributed by atoms with Gasteiger partial charge in [0.15, 0.2) is 0 Å². The molecule has 0 amide bonds. The number of rotatable bonds is 7. The highest BCUT2D eigenvalue weighted by Crippen LogP contribution is 2.63. The highest BCUT2D eigenvalue weighted by Gasteiger charge is 2.54. The average Bonchev–Trinajstić information content (AvgIpc) is 2.02. The first-order valence-electron chi connectivity index (χ1n) is 4.28. The summed E-state index contributed by atoms with van der Waals surface area (Å²) in [6.07, 6.45) is -1.58. The van der Waals surface area contributed by atoms with Gasteiger partial charge in [0, 0.05) is 0 Å². The average molecular weight is 246 g/mol. The van der Waals surface area contributed by atoms with Crippen molar-refractivity contribution in [2.24, 2.45) is 0 Å². The summed E-state index contributed by atoms with van der Waals surface area (Å²) in [7, 11) is -4.69. The molecule has 0 aromatic rings. The van der Waals surface area contributed by atoms with Crippen molar-refractivity contribution in [2.75, 3.05) is 13.2 Å². The Balaban J connectivity index is 4.87. The van der Waals surface area contributed by atoms with Crippen LogP contribution in [0.4, 0.5) is 8.78 Å². The van der Waals surface area contributed by atoms with Gasteiger partial charge in [-0.3, -0.25) is 9.36 Å². The fraction of sp³-hybridized carbons (Fsp3) is 0.857. The molecule has 5 nitrogen and oxygen atoms in total. The van der Waals surface area contributed by atoms with Crippen molar-refractivity contribution < 1.29 is 32.3 Å². The minimum Gasteiger partial charge on any atom is -0.481 e. The molecule has 1 N–H and O–H groups in total. The van der Waals surface area contributed by atoms with Gasteiger partial charge in [-0.15, -0.1) is 0 Å². The van der Waals surface area contributed by atoms with Gasteiger partial charge in [0.2, 0.25) is 0 Å². The van der Waals surface area contributed by atoms with Gasteiger partial charge in [0.25, 0.3) is 0 Å². The molecule has 0 heterocycles. The molecule has 0 atom stereocenters. The Kier molecular flexibility index (Phi) is 5.34. The van der Waals surface area contributed by atoms with E-state index in [9.17, 15) is 18.1 Å². The zero-order valence-electron chi connectivity index (χ0n) is 8.40. The third-order valence-electron chi connectivity index (χ3n) is 1.36. The quantitative estimate of drug-likeness (QED) is 0.698. The number of carboxylic acid groups (broad SMARTS) is 1. The SMILES string of the molecule is CCOP(=O)(OCC)C(F)(F)CC(=O)O. The van der Waals surface area contributed by atoms with E-state index >= 15 is 0 Å². The number of carboxylic acids is 1. The van der Waals surface area contributed by atoms with Crippen LogP contribution in [0.2, 0.25) is 0 Å². The molecule has 0 radical (unpaired) electrons. The maximum Gasteiger partial charge on any atom is 0.400 e. The summed E-state index contributed by atoms with van der Waals surface area (Å²) in [4.78, 5) is 10.2. The molecule has 0 aliphatic carbocycles. The molecule has 0 aromatic carbocycles. The lowest BCUT2D eigenvalue weighted by Gasteiger charge is -2.24. The van der Waals surface area contributed by atoms with Gasteiger partial charge in [0.05, 0.1) is 13.2 Å². The summed E-state index contributed by atoms with van der Waals surface area (Å²) >= 11 is 0. The van der Waals surface area contributed by atoms with Crippen LogP contribution in [0.15, 0.2) is 0 Å². The van der Waals surface area contributed by atoms with Crippen molar-refractivity contribution >= 4 is 13.6 Å². The normalized spacial score (nSPS) is 12.8. The fourth-order valence-corrected chi connectivity index (χ4v) is 2.31. The van der Waals surface area contributed by atoms with E-state index in [1.54, 1.807) is 0 Å². The molecule has 0 aliphatic heterocycles. The Morgan fingerprint density at radius 2 is 1.73 bits per heavy atom. The number of hydrogen-bond acceptors (Lipinski definition) is 4. The van der Waals surface area contributed by atoms with Crippen LogP contribution in [0.5, 0.6) is 0 Å². The van der Waals surface area contributed by atoms with Gasteiger partial charge in [-0.1, -0.05) is 0 Å². The molecule has 0 saturated heterocycles. The van der Waals surface area contributed by atoms with Crippen LogP contribution in [0.1, 0.15) is 20.3 Å². The highest BCUT2D eigenvalue weighted by atomic mass is 31.2. The molecule has 15 heavy (non-hydrogen) atoms. The Hall–Kier alpha value is -0.520. The molecular weight excluding hydrogens is 233 g/mol. The summed E-state index contributed by atoms with van der Waals surface area (Å²) in [5, 5.41) is 8.24. The van der Waals surface area contributed by atoms with Crippen LogP contribution in [0.3, 0.4) is 0 Å². The monoisotopic (exact) mass is 246 g/mol. The summed E-state index contributed by atoms with van der Waals surface area (Å²) in [6.45, 7) is 2.24. The molecule has 0 aliphatic rings. The van der Waals surface area contributed by atoms with Crippen molar-refractivity contribution in [2.45, 2.75) is 25.9 Å². The van der Waals surface area contributed by atoms with Crippen molar-refractivity contribution in [1.29, 1.82) is 0 Å². The standard InChI is InChI=1S/C7H13F2O5P/c1-3-13-15(12,14-4-2)7(8,9)5-6(10)11/h3-5H2,1-2H3,(H,10,11). The minimum absolute atomic E-state index is 0.244. The molecule has 8 heteroatoms. The van der Waals surface area contributed by atoms with Gasteiger partial charge < -0.3 is 14.2 Å². The van der Waals surface area contributed by atoms with Gasteiger partial charge in [0.1, 0.15) is 6.42 Å². The highest BCUT2D eigenvalue weighted by molar-refractivity contribution is 7.55. The predicted molar refractivity (Wildman–Crippen MR) is 48.1 cm³/mol. The number of hydrogen-bond donors (Lipinski definition) is 1. The Morgan fingerprint density at radius 3 is 2.00 bits per heavy atom. The van der Waals surface area contributed by atoms with E-state index in [2.05, 4.69) is 9.05 Å². The number of aliphatic carboxylic acids is 1. The maximum absolute atomic E-state index is 13.2. The summed E-state index contributed by atoms with van der Waals surface area (Å²) in [6, 6.07) is 0. The third-order valence-corrected chi connectivity index (χ3v) is 3.52. The molecule has 90 valence electrons. The minimum atomic E-state index is -4.69. The van der Waals surface area contributed by atoms with E-state index in [0.717, 1.165) is 0 Å². The molecule has 0 bridgehead atoms. The first kappa shape index (κ1) is 14.5. The van der Waals surface area contributed by atoms with Crippen LogP contribution in [-0.4, -0.2) is 30.0 Å². The van der Waals surface area contributed by atoms with E-state index < -0.39 is 25.6 Å². The van der Waals surface area contributed by atoms with Gasteiger partial charge >= 0.3 is 19.2 Å². The van der Waals surface area contributed by atoms with Crippen LogP contribution in [0.25, 0.3) is 0 Å². The second-order valence-electron chi connectivity index (χ2n) is 2.57. The Labute approximate surface area is 85.9 Å². The number of halogens is 2. The second kappa shape index (κ2) is 5.53. The molecule has 0 saturated carbocycles. The predicted octanol–water partition coefficient (Wildman–Crippen LogP) is 2.32. The van der Waals surface area contributed by atoms with Gasteiger partial charge in [-0.25, -0.2) is 0 Å². The molecule has 0 aromatic heterocycles. The molecule has 0 fully saturated rings. The second-order valence-corrected chi connectivity index (χ2v) is 4.73. The number of carbonyl (C=O) groups is 1. The van der Waals surface area contributed by atoms with Crippen LogP contribution >= 0.6 is 7.60 Å². The van der Waals surface area contributed by atoms with E-state index in [1.807, 2.05) is 0 Å². The zero-order valence-corrected chi connectivity index (χ0v) is 9.30. The van der Waals surface area contributed by atoms with Crippen molar-refractivity contribution in [3.63, 3.8) is 0 Å². The zero-order chi connectivity index (χ0) is 12.1. The summed E-state index contributed by atoms with van der Waals surface area (Å²) in [5.74, 6) is -1.76. The van der Waals surface area contributed by atoms with Crippen molar-refractivity contribution in [3.05, 3.63) is 0 Å². The summed E-state index contributed by atoms with van der Waals surface area (Å²) in [5.41, 5.74) is -4.01. The summed E-state index contributed by atoms with van der Waals surface area (Å²) < 4.78 is 46.6. The van der Waals surface area contributed by atoms with Crippen LogP contribution in [-0.2, 0) is 18.4 Å².